The molecule has 2 aromatic rings. The molecule has 2 rings (SSSR count). The fraction of sp³-hybridized carbons (Fsp3) is 0.176. The Labute approximate surface area is 156 Å². The monoisotopic (exact) mass is 462 g/mol. The van der Waals surface area contributed by atoms with Crippen molar-refractivity contribution in [3.63, 3.8) is 0 Å². The van der Waals surface area contributed by atoms with Crippen molar-refractivity contribution in [2.45, 2.75) is 13.1 Å². The summed E-state index contributed by atoms with van der Waals surface area (Å²) in [6.07, 6.45) is -3.10. The maximum Gasteiger partial charge on any atom is 0.416 e. The van der Waals surface area contributed by atoms with E-state index in [1.807, 2.05) is 13.0 Å². The first kappa shape index (κ1) is 19.2. The molecule has 0 radical (unpaired) electrons. The van der Waals surface area contributed by atoms with Crippen LogP contribution in [0.3, 0.4) is 0 Å². The van der Waals surface area contributed by atoms with Crippen molar-refractivity contribution in [1.29, 1.82) is 0 Å². The number of amides is 1. The molecule has 0 aliphatic carbocycles. The van der Waals surface area contributed by atoms with Gasteiger partial charge in [0.1, 0.15) is 5.75 Å². The zero-order valence-electron chi connectivity index (χ0n) is 13.1. The Balaban J connectivity index is 2.05. The number of nitrogens with zero attached hydrogens (tertiary/aromatic N) is 1. The Bertz CT molecular complexity index is 792. The molecule has 0 atom stereocenters. The van der Waals surface area contributed by atoms with Gasteiger partial charge in [-0.3, -0.25) is 4.79 Å². The molecule has 8 heteroatoms. The van der Waals surface area contributed by atoms with Crippen LogP contribution in [0.2, 0.25) is 0 Å². The van der Waals surface area contributed by atoms with Crippen molar-refractivity contribution in [2.75, 3.05) is 6.61 Å². The van der Waals surface area contributed by atoms with Crippen molar-refractivity contribution in [3.8, 4) is 5.75 Å². The van der Waals surface area contributed by atoms with E-state index in [2.05, 4.69) is 33.1 Å². The molecule has 4 nitrogen and oxygen atoms in total. The summed E-state index contributed by atoms with van der Waals surface area (Å²) >= 11 is 2.11. The second-order valence-corrected chi connectivity index (χ2v) is 6.06. The summed E-state index contributed by atoms with van der Waals surface area (Å²) in [5.74, 6) is 0.0243. The number of ether oxygens (including phenoxy) is 1. The summed E-state index contributed by atoms with van der Waals surface area (Å²) in [7, 11) is 0. The second kappa shape index (κ2) is 8.32. The number of alkyl halides is 3. The molecule has 0 aliphatic rings. The molecule has 0 saturated heterocycles. The van der Waals surface area contributed by atoms with E-state index in [1.165, 1.54) is 18.3 Å². The predicted octanol–water partition coefficient (Wildman–Crippen LogP) is 4.47. The van der Waals surface area contributed by atoms with Gasteiger partial charge in [0, 0.05) is 5.56 Å². The van der Waals surface area contributed by atoms with Crippen LogP contribution in [0.1, 0.15) is 28.4 Å². The summed E-state index contributed by atoms with van der Waals surface area (Å²) in [5.41, 5.74) is 1.93. The zero-order valence-corrected chi connectivity index (χ0v) is 15.3. The lowest BCUT2D eigenvalue weighted by molar-refractivity contribution is -0.137. The van der Waals surface area contributed by atoms with E-state index in [9.17, 15) is 18.0 Å². The minimum absolute atomic E-state index is 0.117. The van der Waals surface area contributed by atoms with E-state index in [0.717, 1.165) is 27.0 Å². The molecule has 0 unspecified atom stereocenters. The molecule has 0 bridgehead atoms. The standard InChI is InChI=1S/C17H14F3IN2O2/c1-2-25-15-7-6-11(8-14(15)21)10-22-23-16(24)12-4-3-5-13(9-12)17(18,19)20/h3-10H,2H2,1H3,(H,23,24)/b22-10-. The molecule has 132 valence electrons. The first-order valence-corrected chi connectivity index (χ1v) is 8.32. The van der Waals surface area contributed by atoms with Crippen LogP contribution in [0.15, 0.2) is 47.6 Å². The Kier molecular flexibility index (Phi) is 6.40. The maximum atomic E-state index is 12.7. The molecule has 1 amide bonds. The van der Waals surface area contributed by atoms with Gasteiger partial charge in [-0.25, -0.2) is 5.43 Å². The van der Waals surface area contributed by atoms with Gasteiger partial charge in [-0.05, 0) is 71.5 Å². The topological polar surface area (TPSA) is 50.7 Å². The highest BCUT2D eigenvalue weighted by molar-refractivity contribution is 14.1. The van der Waals surface area contributed by atoms with E-state index in [0.29, 0.717) is 6.61 Å². The summed E-state index contributed by atoms with van der Waals surface area (Å²) < 4.78 is 44.3. The van der Waals surface area contributed by atoms with Gasteiger partial charge < -0.3 is 4.74 Å². The lowest BCUT2D eigenvalue weighted by Gasteiger charge is -2.08. The molecule has 1 N–H and O–H groups in total. The van der Waals surface area contributed by atoms with Gasteiger partial charge in [0.2, 0.25) is 0 Å². The number of benzene rings is 2. The minimum Gasteiger partial charge on any atom is -0.493 e. The largest absolute Gasteiger partial charge is 0.493 e. The van der Waals surface area contributed by atoms with Gasteiger partial charge >= 0.3 is 6.18 Å². The van der Waals surface area contributed by atoms with Crippen LogP contribution in [0.25, 0.3) is 0 Å². The number of hydrazone groups is 1. The average Bonchev–Trinajstić information content (AvgIpc) is 2.56. The van der Waals surface area contributed by atoms with Crippen LogP contribution < -0.4 is 10.2 Å². The molecule has 2 aromatic carbocycles. The number of carbonyl (C=O) groups excluding carboxylic acids is 1. The fourth-order valence-corrected chi connectivity index (χ4v) is 2.63. The number of hydrogen-bond donors (Lipinski definition) is 1. The van der Waals surface area contributed by atoms with Crippen LogP contribution in [0.5, 0.6) is 5.75 Å². The molecule has 25 heavy (non-hydrogen) atoms. The number of nitrogens with one attached hydrogen (secondary N) is 1. The summed E-state index contributed by atoms with van der Waals surface area (Å²) in [6.45, 7) is 2.44. The van der Waals surface area contributed by atoms with Crippen LogP contribution >= 0.6 is 22.6 Å². The number of carbonyl (C=O) groups is 1. The highest BCUT2D eigenvalue weighted by atomic mass is 127. The van der Waals surface area contributed by atoms with Gasteiger partial charge in [-0.2, -0.15) is 18.3 Å². The number of hydrogen-bond acceptors (Lipinski definition) is 3. The van der Waals surface area contributed by atoms with Crippen molar-refractivity contribution >= 4 is 34.7 Å². The second-order valence-electron chi connectivity index (χ2n) is 4.90. The highest BCUT2D eigenvalue weighted by Crippen LogP contribution is 2.29. The Morgan fingerprint density at radius 3 is 2.68 bits per heavy atom. The van der Waals surface area contributed by atoms with Gasteiger partial charge in [0.05, 0.1) is 22.0 Å². The third-order valence-electron chi connectivity index (χ3n) is 3.09. The van der Waals surface area contributed by atoms with Gasteiger partial charge in [0.25, 0.3) is 5.91 Å². The quantitative estimate of drug-likeness (QED) is 0.405. The highest BCUT2D eigenvalue weighted by Gasteiger charge is 2.30. The number of halogens is 4. The third-order valence-corrected chi connectivity index (χ3v) is 3.93. The SMILES string of the molecule is CCOc1ccc(/C=N\NC(=O)c2cccc(C(F)(F)F)c2)cc1I. The summed E-state index contributed by atoms with van der Waals surface area (Å²) in [5, 5.41) is 3.78. The van der Waals surface area contributed by atoms with Crippen molar-refractivity contribution in [2.24, 2.45) is 5.10 Å². The van der Waals surface area contributed by atoms with Crippen molar-refractivity contribution < 1.29 is 22.7 Å². The lowest BCUT2D eigenvalue weighted by Crippen LogP contribution is -2.18. The third kappa shape index (κ3) is 5.45. The summed E-state index contributed by atoms with van der Waals surface area (Å²) in [4.78, 5) is 11.9. The number of rotatable bonds is 5. The lowest BCUT2D eigenvalue weighted by atomic mass is 10.1. The summed E-state index contributed by atoms with van der Waals surface area (Å²) in [6, 6.07) is 9.50. The first-order valence-electron chi connectivity index (χ1n) is 7.24. The zero-order chi connectivity index (χ0) is 18.4. The smallest absolute Gasteiger partial charge is 0.416 e. The molecule has 0 saturated carbocycles. The van der Waals surface area contributed by atoms with Crippen LogP contribution in [-0.2, 0) is 6.18 Å². The van der Waals surface area contributed by atoms with Gasteiger partial charge in [0.15, 0.2) is 0 Å². The van der Waals surface area contributed by atoms with E-state index in [-0.39, 0.29) is 5.56 Å². The molecule has 0 aliphatic heterocycles. The van der Waals surface area contributed by atoms with Gasteiger partial charge in [-0.15, -0.1) is 0 Å². The minimum atomic E-state index is -4.50. The van der Waals surface area contributed by atoms with Crippen LogP contribution in [0, 0.1) is 3.57 Å². The molecule has 0 fully saturated rings. The fourth-order valence-electron chi connectivity index (χ4n) is 1.94. The first-order chi connectivity index (χ1) is 11.8. The maximum absolute atomic E-state index is 12.7. The molecular formula is C17H14F3IN2O2. The predicted molar refractivity (Wildman–Crippen MR) is 96.8 cm³/mol. The Morgan fingerprint density at radius 1 is 1.28 bits per heavy atom. The van der Waals surface area contributed by atoms with Crippen LogP contribution in [0.4, 0.5) is 13.2 Å². The normalized spacial score (nSPS) is 11.6. The molecule has 0 heterocycles. The van der Waals surface area contributed by atoms with E-state index in [4.69, 9.17) is 4.74 Å². The van der Waals surface area contributed by atoms with Crippen molar-refractivity contribution in [3.05, 3.63) is 62.7 Å². The van der Waals surface area contributed by atoms with E-state index in [1.54, 1.807) is 12.1 Å². The van der Waals surface area contributed by atoms with Gasteiger partial charge in [-0.1, -0.05) is 6.07 Å². The molecule has 0 spiro atoms. The average molecular weight is 462 g/mol. The van der Waals surface area contributed by atoms with E-state index >= 15 is 0 Å². The Morgan fingerprint density at radius 2 is 2.04 bits per heavy atom. The molecular weight excluding hydrogens is 448 g/mol. The Hall–Kier alpha value is -2.10. The van der Waals surface area contributed by atoms with Crippen molar-refractivity contribution in [1.82, 2.24) is 5.43 Å². The van der Waals surface area contributed by atoms with E-state index < -0.39 is 17.6 Å². The molecule has 0 aromatic heterocycles. The van der Waals surface area contributed by atoms with Crippen LogP contribution in [-0.4, -0.2) is 18.7 Å².